The number of amides is 1. The molecule has 2 fully saturated rings. The number of Topliss-reactive ketones (excluding diaryl/α,β-unsaturated/α-hetero) is 1. The molecule has 3 aliphatic rings. The number of hydrogen-bond acceptors (Lipinski definition) is 4. The van der Waals surface area contributed by atoms with Crippen LogP contribution in [-0.4, -0.2) is 46.5 Å². The van der Waals surface area contributed by atoms with E-state index in [0.29, 0.717) is 12.8 Å². The quantitative estimate of drug-likeness (QED) is 0.839. The molecular weight excluding hydrogens is 382 g/mol. The Balaban J connectivity index is 1.34. The van der Waals surface area contributed by atoms with Crippen LogP contribution in [0.15, 0.2) is 48.5 Å². The number of aliphatic carboxylic acids is 1. The van der Waals surface area contributed by atoms with Gasteiger partial charge < -0.3 is 14.7 Å². The van der Waals surface area contributed by atoms with Crippen LogP contribution in [0.25, 0.3) is 11.1 Å². The Bertz CT molecular complexity index is 968. The van der Waals surface area contributed by atoms with Crippen molar-refractivity contribution in [1.82, 2.24) is 4.90 Å². The van der Waals surface area contributed by atoms with E-state index in [0.717, 1.165) is 11.1 Å². The van der Waals surface area contributed by atoms with Crippen molar-refractivity contribution in [2.24, 2.45) is 5.92 Å². The van der Waals surface area contributed by atoms with E-state index in [2.05, 4.69) is 24.3 Å². The van der Waals surface area contributed by atoms with E-state index in [4.69, 9.17) is 4.74 Å². The number of nitrogens with zero attached hydrogens (tertiary/aromatic N) is 1. The van der Waals surface area contributed by atoms with Crippen molar-refractivity contribution < 1.29 is 24.2 Å². The SMILES string of the molecule is O=C1CC2CC(C(=O)O)CC(C1)N2C(=O)OCC1c2ccccc2-c2ccccc21. The standard InChI is InChI=1S/C24H23NO5/c26-17-11-15-9-14(23(27)28)10-16(12-17)25(15)24(29)30-13-22-20-7-3-1-5-18(20)19-6-2-4-8-21(19)22/h1-8,14-16,22H,9-13H2,(H,27,28). The van der Waals surface area contributed by atoms with Gasteiger partial charge in [0.05, 0.1) is 5.92 Å². The molecule has 2 unspecified atom stereocenters. The fourth-order valence-corrected chi connectivity index (χ4v) is 5.42. The lowest BCUT2D eigenvalue weighted by molar-refractivity contribution is -0.147. The van der Waals surface area contributed by atoms with E-state index in [1.54, 1.807) is 4.90 Å². The van der Waals surface area contributed by atoms with Crippen LogP contribution in [0, 0.1) is 5.92 Å². The van der Waals surface area contributed by atoms with Crippen molar-refractivity contribution >= 4 is 17.8 Å². The molecule has 5 rings (SSSR count). The van der Waals surface area contributed by atoms with Crippen molar-refractivity contribution in [2.75, 3.05) is 6.61 Å². The Morgan fingerprint density at radius 3 is 2.00 bits per heavy atom. The summed E-state index contributed by atoms with van der Waals surface area (Å²) < 4.78 is 5.77. The molecule has 30 heavy (non-hydrogen) atoms. The number of carboxylic acids is 1. The number of hydrogen-bond donors (Lipinski definition) is 1. The second-order valence-electron chi connectivity index (χ2n) is 8.47. The number of rotatable bonds is 3. The number of fused-ring (bicyclic) bond motifs is 5. The molecule has 2 aromatic carbocycles. The minimum atomic E-state index is -0.855. The number of ether oxygens (including phenoxy) is 1. The summed E-state index contributed by atoms with van der Waals surface area (Å²) >= 11 is 0. The molecule has 2 aliphatic heterocycles. The van der Waals surface area contributed by atoms with Crippen LogP contribution in [0.4, 0.5) is 4.79 Å². The summed E-state index contributed by atoms with van der Waals surface area (Å²) in [4.78, 5) is 38.1. The van der Waals surface area contributed by atoms with Crippen molar-refractivity contribution in [3.63, 3.8) is 0 Å². The van der Waals surface area contributed by atoms with Gasteiger partial charge in [-0.3, -0.25) is 9.59 Å². The number of ketones is 1. The second-order valence-corrected chi connectivity index (χ2v) is 8.47. The largest absolute Gasteiger partial charge is 0.481 e. The van der Waals surface area contributed by atoms with E-state index in [9.17, 15) is 19.5 Å². The molecule has 2 aromatic rings. The lowest BCUT2D eigenvalue weighted by atomic mass is 9.78. The highest BCUT2D eigenvalue weighted by molar-refractivity contribution is 5.84. The van der Waals surface area contributed by atoms with Gasteiger partial charge in [0.15, 0.2) is 0 Å². The topological polar surface area (TPSA) is 83.9 Å². The smallest absolute Gasteiger partial charge is 0.410 e. The lowest BCUT2D eigenvalue weighted by Gasteiger charge is -2.46. The summed E-state index contributed by atoms with van der Waals surface area (Å²) in [6.07, 6.45) is 0.599. The summed E-state index contributed by atoms with van der Waals surface area (Å²) in [5, 5.41) is 9.40. The lowest BCUT2D eigenvalue weighted by Crippen LogP contribution is -2.57. The normalized spacial score (nSPS) is 24.9. The minimum Gasteiger partial charge on any atom is -0.481 e. The van der Waals surface area contributed by atoms with E-state index in [1.807, 2.05) is 24.3 Å². The summed E-state index contributed by atoms with van der Waals surface area (Å²) in [6.45, 7) is 0.221. The zero-order valence-corrected chi connectivity index (χ0v) is 16.5. The molecule has 0 saturated carbocycles. The average molecular weight is 405 g/mol. The fraction of sp³-hybridized carbons (Fsp3) is 0.375. The van der Waals surface area contributed by atoms with Crippen LogP contribution in [0.3, 0.4) is 0 Å². The van der Waals surface area contributed by atoms with Gasteiger partial charge in [-0.1, -0.05) is 48.5 Å². The number of carbonyl (C=O) groups excluding carboxylic acids is 2. The highest BCUT2D eigenvalue weighted by atomic mass is 16.6. The molecule has 1 amide bonds. The van der Waals surface area contributed by atoms with Gasteiger partial charge in [-0.05, 0) is 35.1 Å². The highest BCUT2D eigenvalue weighted by Gasteiger charge is 2.46. The molecule has 2 heterocycles. The Morgan fingerprint density at radius 2 is 1.47 bits per heavy atom. The van der Waals surface area contributed by atoms with Crippen molar-refractivity contribution in [3.05, 3.63) is 59.7 Å². The van der Waals surface area contributed by atoms with Crippen LogP contribution in [-0.2, 0) is 14.3 Å². The van der Waals surface area contributed by atoms with Gasteiger partial charge in [-0.25, -0.2) is 4.79 Å². The number of piperidine rings is 2. The van der Waals surface area contributed by atoms with E-state index in [-0.39, 0.29) is 43.2 Å². The molecule has 0 aromatic heterocycles. The summed E-state index contributed by atoms with van der Waals surface area (Å²) in [5.74, 6) is -1.30. The molecule has 0 spiro atoms. The first kappa shape index (κ1) is 18.9. The fourth-order valence-electron chi connectivity index (χ4n) is 5.42. The van der Waals surface area contributed by atoms with Gasteiger partial charge in [0, 0.05) is 30.8 Å². The van der Waals surface area contributed by atoms with Crippen LogP contribution in [0.1, 0.15) is 42.7 Å². The monoisotopic (exact) mass is 405 g/mol. The zero-order valence-electron chi connectivity index (χ0n) is 16.5. The predicted molar refractivity (Wildman–Crippen MR) is 109 cm³/mol. The molecule has 2 bridgehead atoms. The first-order chi connectivity index (χ1) is 14.5. The Labute approximate surface area is 174 Å². The maximum atomic E-state index is 13.0. The zero-order chi connectivity index (χ0) is 20.8. The third-order valence-electron chi connectivity index (χ3n) is 6.72. The first-order valence-corrected chi connectivity index (χ1v) is 10.4. The van der Waals surface area contributed by atoms with Gasteiger partial charge in [0.1, 0.15) is 12.4 Å². The van der Waals surface area contributed by atoms with Gasteiger partial charge in [-0.2, -0.15) is 0 Å². The molecule has 6 heteroatoms. The molecule has 2 saturated heterocycles. The maximum absolute atomic E-state index is 13.0. The Morgan fingerprint density at radius 1 is 0.933 bits per heavy atom. The second kappa shape index (κ2) is 7.27. The van der Waals surface area contributed by atoms with Gasteiger partial charge in [0.2, 0.25) is 0 Å². The molecule has 0 radical (unpaired) electrons. The van der Waals surface area contributed by atoms with Crippen LogP contribution < -0.4 is 0 Å². The Hall–Kier alpha value is -3.15. The predicted octanol–water partition coefficient (Wildman–Crippen LogP) is 3.83. The van der Waals surface area contributed by atoms with Crippen LogP contribution in [0.2, 0.25) is 0 Å². The minimum absolute atomic E-state index is 0.0284. The van der Waals surface area contributed by atoms with Crippen molar-refractivity contribution in [1.29, 1.82) is 0 Å². The van der Waals surface area contributed by atoms with E-state index in [1.165, 1.54) is 11.1 Å². The highest BCUT2D eigenvalue weighted by Crippen LogP contribution is 2.45. The average Bonchev–Trinajstić information content (AvgIpc) is 3.04. The molecule has 1 aliphatic carbocycles. The third kappa shape index (κ3) is 3.07. The van der Waals surface area contributed by atoms with Crippen LogP contribution >= 0.6 is 0 Å². The summed E-state index contributed by atoms with van der Waals surface area (Å²) in [7, 11) is 0. The third-order valence-corrected chi connectivity index (χ3v) is 6.72. The van der Waals surface area contributed by atoms with Gasteiger partial charge >= 0.3 is 12.1 Å². The van der Waals surface area contributed by atoms with Crippen molar-refractivity contribution in [2.45, 2.75) is 43.7 Å². The number of carboxylic acid groups (broad SMARTS) is 1. The molecule has 6 nitrogen and oxygen atoms in total. The van der Waals surface area contributed by atoms with E-state index >= 15 is 0 Å². The van der Waals surface area contributed by atoms with Crippen LogP contribution in [0.5, 0.6) is 0 Å². The van der Waals surface area contributed by atoms with E-state index < -0.39 is 18.0 Å². The van der Waals surface area contributed by atoms with Crippen molar-refractivity contribution in [3.8, 4) is 11.1 Å². The maximum Gasteiger partial charge on any atom is 0.410 e. The first-order valence-electron chi connectivity index (χ1n) is 10.4. The molecule has 2 atom stereocenters. The van der Waals surface area contributed by atoms with Gasteiger partial charge in [0.25, 0.3) is 0 Å². The summed E-state index contributed by atoms with van der Waals surface area (Å²) in [5.41, 5.74) is 4.62. The number of benzene rings is 2. The Kier molecular flexibility index (Phi) is 4.57. The number of carbonyl (C=O) groups is 3. The van der Waals surface area contributed by atoms with Gasteiger partial charge in [-0.15, -0.1) is 0 Å². The molecular formula is C24H23NO5. The molecule has 1 N–H and O–H groups in total. The summed E-state index contributed by atoms with van der Waals surface area (Å²) in [6, 6.07) is 15.5. The molecule has 154 valence electrons.